The molecular formula is C21H19N3O6. The van der Waals surface area contributed by atoms with Crippen molar-refractivity contribution < 1.29 is 24.5 Å². The second-order valence-corrected chi connectivity index (χ2v) is 7.63. The minimum absolute atomic E-state index is 0.158. The molecule has 2 aliphatic rings. The summed E-state index contributed by atoms with van der Waals surface area (Å²) < 4.78 is 6.04. The number of fused-ring (bicyclic) bond motifs is 2. The number of hydrogen-bond acceptors (Lipinski definition) is 6. The first-order valence-corrected chi connectivity index (χ1v) is 9.25. The first-order chi connectivity index (χ1) is 14.2. The van der Waals surface area contributed by atoms with Gasteiger partial charge in [-0.05, 0) is 31.5 Å². The Kier molecular flexibility index (Phi) is 4.54. The van der Waals surface area contributed by atoms with Crippen molar-refractivity contribution in [1.29, 1.82) is 0 Å². The Morgan fingerprint density at radius 1 is 1.27 bits per heavy atom. The van der Waals surface area contributed by atoms with Gasteiger partial charge in [0.2, 0.25) is 6.41 Å². The molecule has 2 aliphatic heterocycles. The van der Waals surface area contributed by atoms with E-state index in [-0.39, 0.29) is 31.1 Å². The molecule has 0 aliphatic carbocycles. The summed E-state index contributed by atoms with van der Waals surface area (Å²) >= 11 is 0. The summed E-state index contributed by atoms with van der Waals surface area (Å²) in [5, 5.41) is 21.7. The smallest absolute Gasteiger partial charge is 0.270 e. The molecule has 0 saturated carbocycles. The number of non-ortho nitro benzene ring substituents is 1. The lowest BCUT2D eigenvalue weighted by molar-refractivity contribution is -0.384. The SMILES string of the molecule is CC1(C)Oc2ccc([N+](=O)[O-])cc2C(N2Cc3ccccc3C2=O)=C1CN(O)C=O. The molecule has 0 atom stereocenters. The maximum atomic E-state index is 13.2. The van der Waals surface area contributed by atoms with E-state index >= 15 is 0 Å². The zero-order chi connectivity index (χ0) is 21.6. The van der Waals surface area contributed by atoms with Crippen molar-refractivity contribution in [2.45, 2.75) is 26.0 Å². The van der Waals surface area contributed by atoms with Crippen LogP contribution in [0.4, 0.5) is 5.69 Å². The number of hydrogen-bond donors (Lipinski definition) is 1. The van der Waals surface area contributed by atoms with Gasteiger partial charge < -0.3 is 9.64 Å². The lowest BCUT2D eigenvalue weighted by Gasteiger charge is -2.39. The molecule has 0 fully saturated rings. The fraction of sp³-hybridized carbons (Fsp3) is 0.238. The van der Waals surface area contributed by atoms with Gasteiger partial charge in [-0.3, -0.25) is 24.9 Å². The van der Waals surface area contributed by atoms with Gasteiger partial charge in [-0.1, -0.05) is 18.2 Å². The Morgan fingerprint density at radius 2 is 2.00 bits per heavy atom. The summed E-state index contributed by atoms with van der Waals surface area (Å²) in [7, 11) is 0. The van der Waals surface area contributed by atoms with Gasteiger partial charge in [0.05, 0.1) is 23.7 Å². The van der Waals surface area contributed by atoms with Crippen molar-refractivity contribution in [3.63, 3.8) is 0 Å². The standard InChI is InChI=1S/C21H19N3O6/c1-21(2)17(11-22(27)12-25)19(16-9-14(24(28)29)7-8-18(16)30-21)23-10-13-5-3-4-6-15(13)20(23)26/h3-9,12,27H,10-11H2,1-2H3. The highest BCUT2D eigenvalue weighted by Gasteiger charge is 2.42. The Hall–Kier alpha value is -3.72. The second kappa shape index (κ2) is 6.96. The third-order valence-electron chi connectivity index (χ3n) is 5.34. The Labute approximate surface area is 171 Å². The molecule has 0 unspecified atom stereocenters. The lowest BCUT2D eigenvalue weighted by atomic mass is 9.88. The van der Waals surface area contributed by atoms with E-state index in [0.717, 1.165) is 5.56 Å². The van der Waals surface area contributed by atoms with Crippen LogP contribution < -0.4 is 4.74 Å². The summed E-state index contributed by atoms with van der Waals surface area (Å²) in [5.74, 6) is 0.118. The molecule has 0 radical (unpaired) electrons. The van der Waals surface area contributed by atoms with Crippen LogP contribution in [0.5, 0.6) is 5.75 Å². The number of nitro groups is 1. The summed E-state index contributed by atoms with van der Waals surface area (Å²) in [6.45, 7) is 3.53. The van der Waals surface area contributed by atoms with Crippen molar-refractivity contribution in [1.82, 2.24) is 9.96 Å². The number of rotatable bonds is 5. The Bertz CT molecular complexity index is 1110. The number of hydroxylamine groups is 2. The molecule has 4 rings (SSSR count). The number of nitro benzene ring substituents is 1. The maximum Gasteiger partial charge on any atom is 0.270 e. The van der Waals surface area contributed by atoms with Gasteiger partial charge in [-0.15, -0.1) is 0 Å². The van der Waals surface area contributed by atoms with Crippen molar-refractivity contribution in [3.05, 3.63) is 74.8 Å². The highest BCUT2D eigenvalue weighted by Crippen LogP contribution is 2.46. The van der Waals surface area contributed by atoms with Crippen molar-refractivity contribution in [2.75, 3.05) is 6.54 Å². The molecule has 0 aromatic heterocycles. The van der Waals surface area contributed by atoms with Crippen LogP contribution in [-0.4, -0.2) is 44.6 Å². The molecule has 2 aromatic rings. The van der Waals surface area contributed by atoms with E-state index in [1.54, 1.807) is 26.0 Å². The van der Waals surface area contributed by atoms with Crippen LogP contribution >= 0.6 is 0 Å². The minimum atomic E-state index is -0.989. The molecule has 1 N–H and O–H groups in total. The zero-order valence-electron chi connectivity index (χ0n) is 16.4. The monoisotopic (exact) mass is 409 g/mol. The van der Waals surface area contributed by atoms with E-state index in [4.69, 9.17) is 4.74 Å². The van der Waals surface area contributed by atoms with Crippen LogP contribution in [-0.2, 0) is 11.3 Å². The van der Waals surface area contributed by atoms with Gasteiger partial charge >= 0.3 is 0 Å². The van der Waals surface area contributed by atoms with Crippen LogP contribution in [0, 0.1) is 10.1 Å². The average molecular weight is 409 g/mol. The third-order valence-corrected chi connectivity index (χ3v) is 5.34. The van der Waals surface area contributed by atoms with Gasteiger partial charge in [0.15, 0.2) is 0 Å². The van der Waals surface area contributed by atoms with Crippen LogP contribution in [0.1, 0.15) is 35.3 Å². The number of nitrogens with zero attached hydrogens (tertiary/aromatic N) is 3. The van der Waals surface area contributed by atoms with Crippen LogP contribution in [0.15, 0.2) is 48.0 Å². The quantitative estimate of drug-likeness (QED) is 0.352. The maximum absolute atomic E-state index is 13.2. The summed E-state index contributed by atoms with van der Waals surface area (Å²) in [5.41, 5.74) is 1.42. The highest BCUT2D eigenvalue weighted by molar-refractivity contribution is 6.04. The molecule has 9 heteroatoms. The molecule has 2 heterocycles. The predicted octanol–water partition coefficient (Wildman–Crippen LogP) is 2.98. The summed E-state index contributed by atoms with van der Waals surface area (Å²) in [6, 6.07) is 11.3. The Balaban J connectivity index is 1.96. The molecular weight excluding hydrogens is 390 g/mol. The van der Waals surface area contributed by atoms with Crippen LogP contribution in [0.2, 0.25) is 0 Å². The van der Waals surface area contributed by atoms with E-state index in [1.807, 2.05) is 12.1 Å². The van der Waals surface area contributed by atoms with Crippen molar-refractivity contribution in [3.8, 4) is 5.75 Å². The number of carbonyl (C=O) groups is 2. The largest absolute Gasteiger partial charge is 0.483 e. The Morgan fingerprint density at radius 3 is 2.67 bits per heavy atom. The second-order valence-electron chi connectivity index (χ2n) is 7.63. The predicted molar refractivity (Wildman–Crippen MR) is 106 cm³/mol. The first-order valence-electron chi connectivity index (χ1n) is 9.25. The van der Waals surface area contributed by atoms with E-state index in [1.165, 1.54) is 23.1 Å². The van der Waals surface area contributed by atoms with Crippen LogP contribution in [0.25, 0.3) is 5.70 Å². The molecule has 0 spiro atoms. The van der Waals surface area contributed by atoms with Gasteiger partial charge in [0.25, 0.3) is 11.6 Å². The lowest BCUT2D eigenvalue weighted by Crippen LogP contribution is -2.42. The number of ether oxygens (including phenoxy) is 1. The minimum Gasteiger partial charge on any atom is -0.483 e. The normalized spacial score (nSPS) is 16.6. The average Bonchev–Trinajstić information content (AvgIpc) is 3.04. The molecule has 2 aromatic carbocycles. The third kappa shape index (κ3) is 3.09. The molecule has 0 bridgehead atoms. The number of carbonyl (C=O) groups excluding carboxylic acids is 2. The first kappa shape index (κ1) is 19.6. The van der Waals surface area contributed by atoms with E-state index in [9.17, 15) is 24.9 Å². The van der Waals surface area contributed by atoms with Crippen LogP contribution in [0.3, 0.4) is 0 Å². The van der Waals surface area contributed by atoms with Gasteiger partial charge in [-0.25, -0.2) is 5.06 Å². The summed E-state index contributed by atoms with van der Waals surface area (Å²) in [6.07, 6.45) is 0.254. The van der Waals surface area contributed by atoms with Gasteiger partial charge in [0.1, 0.15) is 11.4 Å². The number of amides is 2. The highest BCUT2D eigenvalue weighted by atomic mass is 16.6. The fourth-order valence-electron chi connectivity index (χ4n) is 3.90. The molecule has 0 saturated heterocycles. The molecule has 9 nitrogen and oxygen atoms in total. The zero-order valence-corrected chi connectivity index (χ0v) is 16.4. The summed E-state index contributed by atoms with van der Waals surface area (Å²) in [4.78, 5) is 36.7. The topological polar surface area (TPSA) is 113 Å². The number of benzene rings is 2. The molecule has 30 heavy (non-hydrogen) atoms. The van der Waals surface area contributed by atoms with Crippen molar-refractivity contribution >= 4 is 23.7 Å². The molecule has 2 amide bonds. The van der Waals surface area contributed by atoms with E-state index < -0.39 is 10.5 Å². The van der Waals surface area contributed by atoms with E-state index in [0.29, 0.717) is 33.2 Å². The van der Waals surface area contributed by atoms with Gasteiger partial charge in [-0.2, -0.15) is 0 Å². The van der Waals surface area contributed by atoms with E-state index in [2.05, 4.69) is 0 Å². The molecule has 154 valence electrons. The fourth-order valence-corrected chi connectivity index (χ4v) is 3.90. The van der Waals surface area contributed by atoms with Gasteiger partial charge in [0, 0.05) is 28.8 Å². The van der Waals surface area contributed by atoms with Crippen molar-refractivity contribution in [2.24, 2.45) is 0 Å².